The molecule has 1 N–H and O–H groups in total. The van der Waals surface area contributed by atoms with Crippen molar-refractivity contribution in [3.05, 3.63) is 52.5 Å². The summed E-state index contributed by atoms with van der Waals surface area (Å²) >= 11 is 11.6. The summed E-state index contributed by atoms with van der Waals surface area (Å²) < 4.78 is 13.0. The van der Waals surface area contributed by atoms with Crippen molar-refractivity contribution in [2.24, 2.45) is 0 Å². The Morgan fingerprint density at radius 3 is 2.69 bits per heavy atom. The van der Waals surface area contributed by atoms with Crippen molar-refractivity contribution in [3.63, 3.8) is 0 Å². The maximum atomic E-state index is 13.0. The van der Waals surface area contributed by atoms with Gasteiger partial charge in [0.2, 0.25) is 0 Å². The number of halogens is 3. The van der Waals surface area contributed by atoms with Crippen LogP contribution < -0.4 is 5.32 Å². The van der Waals surface area contributed by atoms with Gasteiger partial charge in [0.25, 0.3) is 0 Å². The van der Waals surface area contributed by atoms with Crippen LogP contribution in [0.4, 0.5) is 15.8 Å². The van der Waals surface area contributed by atoms with Gasteiger partial charge in [0.1, 0.15) is 11.0 Å². The highest BCUT2D eigenvalue weighted by atomic mass is 35.5. The molecule has 0 spiro atoms. The minimum absolute atomic E-state index is 0.355. The van der Waals surface area contributed by atoms with Gasteiger partial charge in [-0.2, -0.15) is 0 Å². The van der Waals surface area contributed by atoms with Crippen LogP contribution in [0, 0.1) is 5.82 Å². The number of nitrogens with one attached hydrogen (secondary N) is 1. The van der Waals surface area contributed by atoms with E-state index >= 15 is 0 Å². The van der Waals surface area contributed by atoms with E-state index in [-0.39, 0.29) is 5.82 Å². The summed E-state index contributed by atoms with van der Waals surface area (Å²) in [6.45, 7) is 0. The lowest BCUT2D eigenvalue weighted by Crippen LogP contribution is -1.92. The lowest BCUT2D eigenvalue weighted by atomic mass is 10.3. The number of benzene rings is 1. The van der Waals surface area contributed by atoms with Gasteiger partial charge in [-0.15, -0.1) is 0 Å². The summed E-state index contributed by atoms with van der Waals surface area (Å²) in [6, 6.07) is 7.45. The van der Waals surface area contributed by atoms with Gasteiger partial charge in [0, 0.05) is 11.9 Å². The molecule has 0 aliphatic rings. The predicted molar refractivity (Wildman–Crippen MR) is 63.9 cm³/mol. The summed E-state index contributed by atoms with van der Waals surface area (Å²) in [6.07, 6.45) is 1.55. The normalized spacial score (nSPS) is 10.2. The first-order valence-corrected chi connectivity index (χ1v) is 5.24. The first kappa shape index (κ1) is 11.2. The molecule has 0 fully saturated rings. The van der Waals surface area contributed by atoms with Crippen LogP contribution in [0.25, 0.3) is 0 Å². The van der Waals surface area contributed by atoms with E-state index in [9.17, 15) is 4.39 Å². The van der Waals surface area contributed by atoms with Gasteiger partial charge in [0.05, 0.1) is 10.7 Å². The molecule has 0 atom stereocenters. The van der Waals surface area contributed by atoms with Crippen LogP contribution in [0.3, 0.4) is 0 Å². The van der Waals surface area contributed by atoms with Gasteiger partial charge in [-0.05, 0) is 30.3 Å². The van der Waals surface area contributed by atoms with Crippen LogP contribution in [0.5, 0.6) is 0 Å². The summed E-state index contributed by atoms with van der Waals surface area (Å²) in [7, 11) is 0. The molecule has 1 heterocycles. The third kappa shape index (κ3) is 2.62. The molecular formula is C11H7Cl2FN2. The minimum atomic E-state index is -0.355. The Morgan fingerprint density at radius 2 is 1.94 bits per heavy atom. The molecule has 0 saturated carbocycles. The molecule has 0 aliphatic heterocycles. The second kappa shape index (κ2) is 4.68. The summed E-state index contributed by atoms with van der Waals surface area (Å²) in [5.41, 5.74) is 1.19. The third-order valence-electron chi connectivity index (χ3n) is 1.93. The monoisotopic (exact) mass is 256 g/mol. The lowest BCUT2D eigenvalue weighted by Gasteiger charge is -2.08. The molecule has 0 saturated heterocycles. The molecular weight excluding hydrogens is 250 g/mol. The molecule has 16 heavy (non-hydrogen) atoms. The average molecular weight is 257 g/mol. The Hall–Kier alpha value is -1.32. The van der Waals surface area contributed by atoms with Crippen molar-refractivity contribution in [1.82, 2.24) is 4.98 Å². The van der Waals surface area contributed by atoms with Gasteiger partial charge in [-0.25, -0.2) is 9.37 Å². The number of rotatable bonds is 2. The Labute approximate surface area is 102 Å². The van der Waals surface area contributed by atoms with Crippen molar-refractivity contribution in [3.8, 4) is 0 Å². The fourth-order valence-corrected chi connectivity index (χ4v) is 1.57. The van der Waals surface area contributed by atoms with E-state index in [4.69, 9.17) is 23.2 Å². The summed E-state index contributed by atoms with van der Waals surface area (Å²) in [4.78, 5) is 3.84. The standard InChI is InChI=1S/C11H7Cl2FN2/c12-9-2-1-7(14)5-10(9)16-8-3-4-15-11(13)6-8/h1-6H,(H,15,16). The maximum Gasteiger partial charge on any atom is 0.131 e. The molecule has 0 bridgehead atoms. The van der Waals surface area contributed by atoms with Gasteiger partial charge in [-0.1, -0.05) is 23.2 Å². The number of nitrogens with zero attached hydrogens (tertiary/aromatic N) is 1. The molecule has 1 aromatic carbocycles. The average Bonchev–Trinajstić information content (AvgIpc) is 2.24. The van der Waals surface area contributed by atoms with Crippen molar-refractivity contribution < 1.29 is 4.39 Å². The molecule has 82 valence electrons. The van der Waals surface area contributed by atoms with Crippen molar-refractivity contribution >= 4 is 34.6 Å². The van der Waals surface area contributed by atoms with Gasteiger partial charge < -0.3 is 5.32 Å². The second-order valence-corrected chi connectivity index (χ2v) is 3.91. The number of aromatic nitrogens is 1. The Kier molecular flexibility index (Phi) is 3.27. The van der Waals surface area contributed by atoms with Crippen molar-refractivity contribution in [1.29, 1.82) is 0 Å². The Bertz CT molecular complexity index is 517. The number of anilines is 2. The van der Waals surface area contributed by atoms with Gasteiger partial charge >= 0.3 is 0 Å². The molecule has 0 radical (unpaired) electrons. The van der Waals surface area contributed by atoms with Crippen LogP contribution in [-0.2, 0) is 0 Å². The van der Waals surface area contributed by atoms with Crippen LogP contribution in [0.1, 0.15) is 0 Å². The van der Waals surface area contributed by atoms with E-state index in [0.29, 0.717) is 21.6 Å². The molecule has 2 aromatic rings. The van der Waals surface area contributed by atoms with Crippen LogP contribution >= 0.6 is 23.2 Å². The number of pyridine rings is 1. The maximum absolute atomic E-state index is 13.0. The fraction of sp³-hybridized carbons (Fsp3) is 0. The van der Waals surface area contributed by atoms with Crippen LogP contribution in [0.2, 0.25) is 10.2 Å². The zero-order valence-corrected chi connectivity index (χ0v) is 9.56. The van der Waals surface area contributed by atoms with Gasteiger partial charge in [0.15, 0.2) is 0 Å². The highest BCUT2D eigenvalue weighted by Crippen LogP contribution is 2.26. The SMILES string of the molecule is Fc1ccc(Cl)c(Nc2ccnc(Cl)c2)c1. The van der Waals surface area contributed by atoms with E-state index in [1.54, 1.807) is 18.3 Å². The first-order chi connectivity index (χ1) is 7.65. The number of hydrogen-bond donors (Lipinski definition) is 1. The van der Waals surface area contributed by atoms with Crippen LogP contribution in [-0.4, -0.2) is 4.98 Å². The van der Waals surface area contributed by atoms with Crippen LogP contribution in [0.15, 0.2) is 36.5 Å². The molecule has 1 aromatic heterocycles. The molecule has 5 heteroatoms. The van der Waals surface area contributed by atoms with E-state index in [2.05, 4.69) is 10.3 Å². The Balaban J connectivity index is 2.30. The van der Waals surface area contributed by atoms with E-state index in [1.807, 2.05) is 0 Å². The summed E-state index contributed by atoms with van der Waals surface area (Å²) in [5, 5.41) is 3.76. The van der Waals surface area contributed by atoms with E-state index in [0.717, 1.165) is 0 Å². The lowest BCUT2D eigenvalue weighted by molar-refractivity contribution is 0.628. The number of hydrogen-bond acceptors (Lipinski definition) is 2. The fourth-order valence-electron chi connectivity index (χ4n) is 1.23. The van der Waals surface area contributed by atoms with Crippen molar-refractivity contribution in [2.45, 2.75) is 0 Å². The molecule has 2 rings (SSSR count). The van der Waals surface area contributed by atoms with Crippen molar-refractivity contribution in [2.75, 3.05) is 5.32 Å². The van der Waals surface area contributed by atoms with E-state index < -0.39 is 0 Å². The summed E-state index contributed by atoms with van der Waals surface area (Å²) in [5.74, 6) is -0.355. The molecule has 0 amide bonds. The zero-order chi connectivity index (χ0) is 11.5. The molecule has 2 nitrogen and oxygen atoms in total. The smallest absolute Gasteiger partial charge is 0.131 e. The largest absolute Gasteiger partial charge is 0.354 e. The quantitative estimate of drug-likeness (QED) is 0.812. The Morgan fingerprint density at radius 1 is 1.12 bits per heavy atom. The topological polar surface area (TPSA) is 24.9 Å². The third-order valence-corrected chi connectivity index (χ3v) is 2.47. The molecule has 0 aliphatic carbocycles. The zero-order valence-electron chi connectivity index (χ0n) is 8.05. The first-order valence-electron chi connectivity index (χ1n) is 4.49. The predicted octanol–water partition coefficient (Wildman–Crippen LogP) is 4.27. The second-order valence-electron chi connectivity index (χ2n) is 3.12. The molecule has 0 unspecified atom stereocenters. The highest BCUT2D eigenvalue weighted by Gasteiger charge is 2.03. The highest BCUT2D eigenvalue weighted by molar-refractivity contribution is 6.33. The minimum Gasteiger partial charge on any atom is -0.354 e. The van der Waals surface area contributed by atoms with E-state index in [1.165, 1.54) is 18.2 Å². The van der Waals surface area contributed by atoms with Gasteiger partial charge in [-0.3, -0.25) is 0 Å².